The Balaban J connectivity index is 0.00000242. The zero-order valence-electron chi connectivity index (χ0n) is 12.5. The fourth-order valence-electron chi connectivity index (χ4n) is 1.94. The van der Waals surface area contributed by atoms with Crippen LogP contribution in [-0.4, -0.2) is 25.7 Å². The van der Waals surface area contributed by atoms with Gasteiger partial charge in [-0.2, -0.15) is 0 Å². The van der Waals surface area contributed by atoms with Crippen molar-refractivity contribution < 1.29 is 4.74 Å². The second-order valence-electron chi connectivity index (χ2n) is 4.65. The van der Waals surface area contributed by atoms with Gasteiger partial charge in [0, 0.05) is 19.5 Å². The van der Waals surface area contributed by atoms with Gasteiger partial charge in [0.25, 0.3) is 0 Å². The van der Waals surface area contributed by atoms with E-state index in [0.717, 1.165) is 12.2 Å². The Morgan fingerprint density at radius 2 is 2.00 bits per heavy atom. The van der Waals surface area contributed by atoms with E-state index >= 15 is 0 Å². The van der Waals surface area contributed by atoms with Crippen LogP contribution in [0, 0.1) is 0 Å². The summed E-state index contributed by atoms with van der Waals surface area (Å²) in [6, 6.07) is 14.3. The Labute approximate surface area is 148 Å². The normalized spacial score (nSPS) is 10.8. The molecule has 2 aromatic rings. The third-order valence-electron chi connectivity index (χ3n) is 3.00. The molecule has 118 valence electrons. The fourth-order valence-corrected chi connectivity index (χ4v) is 1.94. The molecular weight excluding hydrogens is 389 g/mol. The van der Waals surface area contributed by atoms with E-state index in [1.54, 1.807) is 6.08 Å². The van der Waals surface area contributed by atoms with Gasteiger partial charge < -0.3 is 15.8 Å². The number of aliphatic imine (C=N–C) groups is 1. The number of nitrogens with two attached hydrogens (primary N) is 1. The van der Waals surface area contributed by atoms with Crippen LogP contribution < -0.4 is 15.8 Å². The molecule has 0 saturated heterocycles. The van der Waals surface area contributed by atoms with Crippen molar-refractivity contribution in [2.24, 2.45) is 10.7 Å². The van der Waals surface area contributed by atoms with Crippen LogP contribution in [0.3, 0.4) is 0 Å². The molecule has 2 rings (SSSR count). The number of rotatable bonds is 7. The van der Waals surface area contributed by atoms with Gasteiger partial charge in [-0.1, -0.05) is 36.4 Å². The summed E-state index contributed by atoms with van der Waals surface area (Å²) >= 11 is 0. The van der Waals surface area contributed by atoms with Crippen LogP contribution in [0.4, 0.5) is 0 Å². The van der Waals surface area contributed by atoms with Crippen molar-refractivity contribution in [2.45, 2.75) is 6.42 Å². The SMILES string of the molecule is C=CCNC(N)=NCCCOc1ccc2ccccc2c1.I. The van der Waals surface area contributed by atoms with Crippen LogP contribution in [0.1, 0.15) is 6.42 Å². The minimum absolute atomic E-state index is 0. The molecule has 0 saturated carbocycles. The molecular formula is C17H22IN3O. The molecule has 0 aliphatic heterocycles. The molecule has 0 aromatic heterocycles. The molecule has 0 bridgehead atoms. The highest BCUT2D eigenvalue weighted by atomic mass is 127. The van der Waals surface area contributed by atoms with E-state index in [2.05, 4.69) is 41.2 Å². The van der Waals surface area contributed by atoms with Crippen LogP contribution in [0.15, 0.2) is 60.1 Å². The number of nitrogens with zero attached hydrogens (tertiary/aromatic N) is 1. The van der Waals surface area contributed by atoms with E-state index in [0.29, 0.717) is 25.7 Å². The molecule has 5 heteroatoms. The third-order valence-corrected chi connectivity index (χ3v) is 3.00. The van der Waals surface area contributed by atoms with Gasteiger partial charge in [0.2, 0.25) is 0 Å². The molecule has 0 aliphatic rings. The number of nitrogens with one attached hydrogen (secondary N) is 1. The summed E-state index contributed by atoms with van der Waals surface area (Å²) in [6.07, 6.45) is 2.56. The third kappa shape index (κ3) is 5.93. The Kier molecular flexibility index (Phi) is 8.35. The zero-order valence-corrected chi connectivity index (χ0v) is 14.8. The van der Waals surface area contributed by atoms with Crippen molar-refractivity contribution in [3.8, 4) is 5.75 Å². The van der Waals surface area contributed by atoms with E-state index in [1.807, 2.05) is 18.2 Å². The Morgan fingerprint density at radius 1 is 1.23 bits per heavy atom. The smallest absolute Gasteiger partial charge is 0.188 e. The molecule has 0 amide bonds. The number of ether oxygens (including phenoxy) is 1. The van der Waals surface area contributed by atoms with Crippen molar-refractivity contribution in [1.29, 1.82) is 0 Å². The summed E-state index contributed by atoms with van der Waals surface area (Å²) in [5.41, 5.74) is 5.67. The maximum absolute atomic E-state index is 5.73. The summed E-state index contributed by atoms with van der Waals surface area (Å²) in [4.78, 5) is 4.20. The van der Waals surface area contributed by atoms with Gasteiger partial charge in [0.05, 0.1) is 6.61 Å². The number of hydrogen-bond donors (Lipinski definition) is 2. The van der Waals surface area contributed by atoms with E-state index < -0.39 is 0 Å². The highest BCUT2D eigenvalue weighted by Gasteiger charge is 1.97. The van der Waals surface area contributed by atoms with Crippen molar-refractivity contribution in [3.05, 3.63) is 55.1 Å². The predicted molar refractivity (Wildman–Crippen MR) is 104 cm³/mol. The summed E-state index contributed by atoms with van der Waals surface area (Å²) in [5.74, 6) is 1.33. The summed E-state index contributed by atoms with van der Waals surface area (Å²) < 4.78 is 5.73. The largest absolute Gasteiger partial charge is 0.494 e. The van der Waals surface area contributed by atoms with Crippen LogP contribution in [0.2, 0.25) is 0 Å². The highest BCUT2D eigenvalue weighted by Crippen LogP contribution is 2.20. The quantitative estimate of drug-likeness (QED) is 0.242. The minimum Gasteiger partial charge on any atom is -0.494 e. The van der Waals surface area contributed by atoms with Crippen LogP contribution in [-0.2, 0) is 0 Å². The molecule has 3 N–H and O–H groups in total. The average Bonchev–Trinajstić information content (AvgIpc) is 2.52. The first kappa shape index (κ1) is 18.3. The number of guanidine groups is 1. The lowest BCUT2D eigenvalue weighted by Gasteiger charge is -2.07. The van der Waals surface area contributed by atoms with Crippen molar-refractivity contribution >= 4 is 40.7 Å². The van der Waals surface area contributed by atoms with Crippen molar-refractivity contribution in [3.63, 3.8) is 0 Å². The highest BCUT2D eigenvalue weighted by molar-refractivity contribution is 14.0. The van der Waals surface area contributed by atoms with E-state index in [-0.39, 0.29) is 24.0 Å². The number of fused-ring (bicyclic) bond motifs is 1. The number of hydrogen-bond acceptors (Lipinski definition) is 2. The average molecular weight is 411 g/mol. The summed E-state index contributed by atoms with van der Waals surface area (Å²) in [7, 11) is 0. The van der Waals surface area contributed by atoms with E-state index in [4.69, 9.17) is 10.5 Å². The van der Waals surface area contributed by atoms with E-state index in [1.165, 1.54) is 10.8 Å². The van der Waals surface area contributed by atoms with Gasteiger partial charge in [-0.3, -0.25) is 4.99 Å². The molecule has 0 fully saturated rings. The van der Waals surface area contributed by atoms with Crippen LogP contribution in [0.5, 0.6) is 5.75 Å². The van der Waals surface area contributed by atoms with Crippen molar-refractivity contribution in [1.82, 2.24) is 5.32 Å². The van der Waals surface area contributed by atoms with Gasteiger partial charge in [-0.05, 0) is 22.9 Å². The maximum Gasteiger partial charge on any atom is 0.188 e. The van der Waals surface area contributed by atoms with Gasteiger partial charge in [-0.15, -0.1) is 30.6 Å². The summed E-state index contributed by atoms with van der Waals surface area (Å²) in [5, 5.41) is 5.33. The van der Waals surface area contributed by atoms with Gasteiger partial charge in [0.15, 0.2) is 5.96 Å². The lowest BCUT2D eigenvalue weighted by atomic mass is 10.1. The topological polar surface area (TPSA) is 59.6 Å². The first-order valence-corrected chi connectivity index (χ1v) is 7.06. The molecule has 22 heavy (non-hydrogen) atoms. The molecule has 0 atom stereocenters. The lowest BCUT2D eigenvalue weighted by molar-refractivity contribution is 0.314. The Hall–Kier alpha value is -1.76. The Morgan fingerprint density at radius 3 is 2.77 bits per heavy atom. The van der Waals surface area contributed by atoms with Crippen LogP contribution >= 0.6 is 24.0 Å². The van der Waals surface area contributed by atoms with Gasteiger partial charge >= 0.3 is 0 Å². The second kappa shape index (κ2) is 10.0. The zero-order chi connectivity index (χ0) is 14.9. The lowest BCUT2D eigenvalue weighted by Crippen LogP contribution is -2.31. The van der Waals surface area contributed by atoms with Crippen LogP contribution in [0.25, 0.3) is 10.8 Å². The number of benzene rings is 2. The predicted octanol–water partition coefficient (Wildman–Crippen LogP) is 3.32. The first-order chi connectivity index (χ1) is 10.3. The molecule has 0 aliphatic carbocycles. The Bertz CT molecular complexity index is 628. The monoisotopic (exact) mass is 411 g/mol. The van der Waals surface area contributed by atoms with Gasteiger partial charge in [-0.25, -0.2) is 0 Å². The second-order valence-corrected chi connectivity index (χ2v) is 4.65. The molecule has 0 unspecified atom stereocenters. The van der Waals surface area contributed by atoms with Gasteiger partial charge in [0.1, 0.15) is 5.75 Å². The molecule has 4 nitrogen and oxygen atoms in total. The minimum atomic E-state index is 0. The molecule has 0 radical (unpaired) electrons. The fraction of sp³-hybridized carbons (Fsp3) is 0.235. The molecule has 0 heterocycles. The first-order valence-electron chi connectivity index (χ1n) is 7.06. The molecule has 2 aromatic carbocycles. The van der Waals surface area contributed by atoms with E-state index in [9.17, 15) is 0 Å². The standard InChI is InChI=1S/C17H21N3O.HI/c1-2-10-19-17(18)20-11-5-12-21-16-9-8-14-6-3-4-7-15(14)13-16;/h2-4,6-9,13H,1,5,10-12H2,(H3,18,19,20);1H. The van der Waals surface area contributed by atoms with Crippen molar-refractivity contribution in [2.75, 3.05) is 19.7 Å². The number of halogens is 1. The summed E-state index contributed by atoms with van der Waals surface area (Å²) in [6.45, 7) is 5.50. The maximum atomic E-state index is 5.73. The molecule has 0 spiro atoms.